The van der Waals surface area contributed by atoms with Gasteiger partial charge in [-0.05, 0) is 19.8 Å². The first-order chi connectivity index (χ1) is 7.99. The highest BCUT2D eigenvalue weighted by atomic mass is 32.2. The number of rotatable bonds is 3. The highest BCUT2D eigenvalue weighted by Crippen LogP contribution is 2.15. The molecule has 8 heteroatoms. The fourth-order valence-electron chi connectivity index (χ4n) is 1.81. The van der Waals surface area contributed by atoms with Gasteiger partial charge in [-0.1, -0.05) is 0 Å². The molecule has 0 saturated carbocycles. The van der Waals surface area contributed by atoms with Gasteiger partial charge in [0.05, 0.1) is 11.9 Å². The lowest BCUT2D eigenvalue weighted by Gasteiger charge is -2.22. The molecule has 0 amide bonds. The van der Waals surface area contributed by atoms with Crippen molar-refractivity contribution in [2.24, 2.45) is 0 Å². The molecule has 1 aromatic heterocycles. The highest BCUT2D eigenvalue weighted by molar-refractivity contribution is 7.89. The normalized spacial score (nSPS) is 25.9. The Morgan fingerprint density at radius 1 is 1.47 bits per heavy atom. The van der Waals surface area contributed by atoms with Gasteiger partial charge in [-0.15, -0.1) is 0 Å². The van der Waals surface area contributed by atoms with E-state index >= 15 is 0 Å². The molecule has 0 aliphatic carbocycles. The summed E-state index contributed by atoms with van der Waals surface area (Å²) in [6.07, 6.45) is 2.56. The third-order valence-electron chi connectivity index (χ3n) is 2.78. The molecule has 96 valence electrons. The van der Waals surface area contributed by atoms with Crippen LogP contribution in [-0.2, 0) is 20.8 Å². The van der Waals surface area contributed by atoms with E-state index in [0.29, 0.717) is 30.0 Å². The number of H-pyrrole nitrogens is 1. The molecule has 1 aromatic rings. The van der Waals surface area contributed by atoms with E-state index in [1.54, 1.807) is 6.92 Å². The van der Waals surface area contributed by atoms with Crippen LogP contribution in [0.25, 0.3) is 0 Å². The molecule has 1 aliphatic rings. The second-order valence-electron chi connectivity index (χ2n) is 4.10. The fourth-order valence-corrected chi connectivity index (χ4v) is 4.55. The van der Waals surface area contributed by atoms with Gasteiger partial charge in [0.2, 0.25) is 10.0 Å². The molecule has 1 saturated heterocycles. The van der Waals surface area contributed by atoms with Crippen LogP contribution in [0.3, 0.4) is 0 Å². The van der Waals surface area contributed by atoms with Crippen LogP contribution in [0.15, 0.2) is 11.1 Å². The predicted molar refractivity (Wildman–Crippen MR) is 64.5 cm³/mol. The second kappa shape index (κ2) is 4.87. The van der Waals surface area contributed by atoms with E-state index in [1.165, 1.54) is 6.20 Å². The molecule has 2 heterocycles. The van der Waals surface area contributed by atoms with Gasteiger partial charge in [0.25, 0.3) is 0 Å². The maximum Gasteiger partial charge on any atom is 0.244 e. The second-order valence-corrected chi connectivity index (χ2v) is 7.48. The molecule has 0 bridgehead atoms. The van der Waals surface area contributed by atoms with Gasteiger partial charge < -0.3 is 0 Å². The van der Waals surface area contributed by atoms with Gasteiger partial charge in [0.15, 0.2) is 0 Å². The quantitative estimate of drug-likeness (QED) is 0.807. The van der Waals surface area contributed by atoms with Gasteiger partial charge in [-0.25, -0.2) is 13.1 Å². The molecule has 0 aromatic carbocycles. The number of nitrogens with zero attached hydrogens (tertiary/aromatic N) is 1. The molecule has 6 nitrogen and oxygen atoms in total. The Kier molecular flexibility index (Phi) is 3.64. The first kappa shape index (κ1) is 12.7. The van der Waals surface area contributed by atoms with E-state index in [0.717, 1.165) is 0 Å². The fraction of sp³-hybridized carbons (Fsp3) is 0.667. The summed E-state index contributed by atoms with van der Waals surface area (Å²) in [4.78, 5) is 0.184. The van der Waals surface area contributed by atoms with Crippen LogP contribution in [0.4, 0.5) is 0 Å². The van der Waals surface area contributed by atoms with Crippen molar-refractivity contribution in [2.75, 3.05) is 11.5 Å². The van der Waals surface area contributed by atoms with Crippen molar-refractivity contribution in [1.82, 2.24) is 14.9 Å². The summed E-state index contributed by atoms with van der Waals surface area (Å²) in [5.74, 6) is 1.13. The number of aryl methyl sites for hydroxylation is 1. The third-order valence-corrected chi connectivity index (χ3v) is 5.80. The van der Waals surface area contributed by atoms with E-state index in [2.05, 4.69) is 14.9 Å². The maximum absolute atomic E-state index is 12.0. The predicted octanol–water partition coefficient (Wildman–Crippen LogP) is -0.0925. The average molecular weight is 277 g/mol. The largest absolute Gasteiger partial charge is 0.281 e. The summed E-state index contributed by atoms with van der Waals surface area (Å²) in [5, 5.41) is 6.30. The minimum Gasteiger partial charge on any atom is -0.281 e. The van der Waals surface area contributed by atoms with Crippen molar-refractivity contribution in [1.29, 1.82) is 0 Å². The lowest BCUT2D eigenvalue weighted by atomic mass is 10.2. The topological polar surface area (TPSA) is 91.9 Å². The van der Waals surface area contributed by atoms with Gasteiger partial charge in [-0.2, -0.15) is 5.10 Å². The standard InChI is InChI=1S/C9H15N3O3S2/c1-7-9(6-10-11-7)17(14,15)12-8-2-4-16(13)5-3-8/h6,8,12H,2-5H2,1H3,(H,10,11). The molecular weight excluding hydrogens is 262 g/mol. The van der Waals surface area contributed by atoms with Crippen LogP contribution in [0, 0.1) is 6.92 Å². The summed E-state index contributed by atoms with van der Waals surface area (Å²) in [6.45, 7) is 1.66. The van der Waals surface area contributed by atoms with E-state index < -0.39 is 20.8 Å². The minimum atomic E-state index is -3.51. The number of hydrogen-bond donors (Lipinski definition) is 2. The average Bonchev–Trinajstić information content (AvgIpc) is 2.68. The zero-order valence-electron chi connectivity index (χ0n) is 9.47. The van der Waals surface area contributed by atoms with Crippen LogP contribution >= 0.6 is 0 Å². The SMILES string of the molecule is Cc1[nH]ncc1S(=O)(=O)NC1CCS(=O)CC1. The zero-order chi connectivity index (χ0) is 12.5. The molecular formula is C9H15N3O3S2. The van der Waals surface area contributed by atoms with E-state index in [9.17, 15) is 12.6 Å². The zero-order valence-corrected chi connectivity index (χ0v) is 11.1. The van der Waals surface area contributed by atoms with Crippen LogP contribution in [0.5, 0.6) is 0 Å². The Labute approximate surface area is 103 Å². The van der Waals surface area contributed by atoms with E-state index in [-0.39, 0.29) is 10.9 Å². The Balaban J connectivity index is 2.08. The Morgan fingerprint density at radius 3 is 2.65 bits per heavy atom. The van der Waals surface area contributed by atoms with Crippen LogP contribution in [-0.4, -0.2) is 40.4 Å². The molecule has 1 fully saturated rings. The number of aromatic amines is 1. The van der Waals surface area contributed by atoms with Crippen molar-refractivity contribution in [3.8, 4) is 0 Å². The monoisotopic (exact) mass is 277 g/mol. The van der Waals surface area contributed by atoms with Gasteiger partial charge >= 0.3 is 0 Å². The van der Waals surface area contributed by atoms with Gasteiger partial charge in [-0.3, -0.25) is 9.31 Å². The first-order valence-corrected chi connectivity index (χ1v) is 8.33. The van der Waals surface area contributed by atoms with Crippen LogP contribution in [0.1, 0.15) is 18.5 Å². The number of aromatic nitrogens is 2. The van der Waals surface area contributed by atoms with Crippen molar-refractivity contribution in [3.63, 3.8) is 0 Å². The first-order valence-electron chi connectivity index (χ1n) is 5.36. The molecule has 2 N–H and O–H groups in total. The lowest BCUT2D eigenvalue weighted by Crippen LogP contribution is -2.39. The summed E-state index contributed by atoms with van der Waals surface area (Å²) >= 11 is 0. The van der Waals surface area contributed by atoms with Crippen molar-refractivity contribution < 1.29 is 12.6 Å². The minimum absolute atomic E-state index is 0.119. The molecule has 0 unspecified atom stereocenters. The van der Waals surface area contributed by atoms with E-state index in [1.807, 2.05) is 0 Å². The summed E-state index contributed by atoms with van der Waals surface area (Å²) in [7, 11) is -4.29. The Hall–Kier alpha value is -0.730. The maximum atomic E-state index is 12.0. The van der Waals surface area contributed by atoms with Crippen LogP contribution in [0.2, 0.25) is 0 Å². The number of sulfonamides is 1. The summed E-state index contributed by atoms with van der Waals surface area (Å²) < 4.78 is 37.8. The Bertz CT molecular complexity index is 513. The third kappa shape index (κ3) is 2.93. The molecule has 17 heavy (non-hydrogen) atoms. The number of hydrogen-bond acceptors (Lipinski definition) is 4. The highest BCUT2D eigenvalue weighted by Gasteiger charge is 2.25. The molecule has 0 atom stereocenters. The molecule has 0 spiro atoms. The summed E-state index contributed by atoms with van der Waals surface area (Å²) in [6, 6.07) is -0.119. The van der Waals surface area contributed by atoms with Crippen molar-refractivity contribution >= 4 is 20.8 Å². The number of nitrogens with one attached hydrogen (secondary N) is 2. The Morgan fingerprint density at radius 2 is 2.12 bits per heavy atom. The van der Waals surface area contributed by atoms with Crippen molar-refractivity contribution in [2.45, 2.75) is 30.7 Å². The van der Waals surface area contributed by atoms with Crippen LogP contribution < -0.4 is 4.72 Å². The summed E-state index contributed by atoms with van der Waals surface area (Å²) in [5.41, 5.74) is 0.525. The molecule has 1 aliphatic heterocycles. The van der Waals surface area contributed by atoms with E-state index in [4.69, 9.17) is 0 Å². The van der Waals surface area contributed by atoms with Gasteiger partial charge in [0, 0.05) is 28.3 Å². The molecule has 0 radical (unpaired) electrons. The smallest absolute Gasteiger partial charge is 0.244 e. The molecule has 2 rings (SSSR count). The lowest BCUT2D eigenvalue weighted by molar-refractivity contribution is 0.521. The van der Waals surface area contributed by atoms with Crippen molar-refractivity contribution in [3.05, 3.63) is 11.9 Å². The van der Waals surface area contributed by atoms with Gasteiger partial charge in [0.1, 0.15) is 4.90 Å².